The van der Waals surface area contributed by atoms with Crippen molar-refractivity contribution in [3.05, 3.63) is 54.6 Å². The molecule has 0 amide bonds. The van der Waals surface area contributed by atoms with Crippen molar-refractivity contribution in [2.75, 3.05) is 0 Å². The number of benzene rings is 2. The van der Waals surface area contributed by atoms with Crippen LogP contribution >= 0.6 is 0 Å². The van der Waals surface area contributed by atoms with Crippen LogP contribution in [-0.2, 0) is 6.42 Å². The molecule has 0 unspecified atom stereocenters. The summed E-state index contributed by atoms with van der Waals surface area (Å²) in [7, 11) is 0. The molecule has 0 saturated heterocycles. The second-order valence-corrected chi connectivity index (χ2v) is 3.36. The molecule has 2 aromatic carbocycles. The first-order valence-corrected chi connectivity index (χ1v) is 4.62. The highest BCUT2D eigenvalue weighted by Crippen LogP contribution is 2.21. The summed E-state index contributed by atoms with van der Waals surface area (Å²) >= 11 is 0. The quantitative estimate of drug-likeness (QED) is 0.710. The van der Waals surface area contributed by atoms with Gasteiger partial charge < -0.3 is 5.11 Å². The SMILES string of the molecule is C=CCc1ccc2ccc(O)cc2c1. The van der Waals surface area contributed by atoms with Gasteiger partial charge in [0.1, 0.15) is 5.75 Å². The van der Waals surface area contributed by atoms with E-state index >= 15 is 0 Å². The van der Waals surface area contributed by atoms with Gasteiger partial charge in [0.25, 0.3) is 0 Å². The predicted molar refractivity (Wildman–Crippen MR) is 59.5 cm³/mol. The zero-order valence-electron chi connectivity index (χ0n) is 7.90. The Morgan fingerprint density at radius 1 is 1.07 bits per heavy atom. The number of phenolic OH excluding ortho intramolecular Hbond substituents is 1. The molecule has 1 nitrogen and oxygen atoms in total. The van der Waals surface area contributed by atoms with Crippen molar-refractivity contribution >= 4 is 10.8 Å². The van der Waals surface area contributed by atoms with Crippen LogP contribution in [0.2, 0.25) is 0 Å². The average molecular weight is 184 g/mol. The molecule has 0 radical (unpaired) electrons. The topological polar surface area (TPSA) is 20.2 Å². The third kappa shape index (κ3) is 1.62. The van der Waals surface area contributed by atoms with Gasteiger partial charge in [0, 0.05) is 0 Å². The first-order valence-electron chi connectivity index (χ1n) is 4.62. The molecule has 0 bridgehead atoms. The van der Waals surface area contributed by atoms with Gasteiger partial charge in [0.2, 0.25) is 0 Å². The summed E-state index contributed by atoms with van der Waals surface area (Å²) in [6.45, 7) is 3.70. The minimum absolute atomic E-state index is 0.313. The normalized spacial score (nSPS) is 10.3. The van der Waals surface area contributed by atoms with Gasteiger partial charge in [-0.25, -0.2) is 0 Å². The Kier molecular flexibility index (Phi) is 2.23. The lowest BCUT2D eigenvalue weighted by molar-refractivity contribution is 0.476. The lowest BCUT2D eigenvalue weighted by Gasteiger charge is -2.01. The molecule has 0 atom stereocenters. The van der Waals surface area contributed by atoms with E-state index in [2.05, 4.69) is 24.8 Å². The summed E-state index contributed by atoms with van der Waals surface area (Å²) < 4.78 is 0. The number of phenols is 1. The molecule has 0 aliphatic rings. The second kappa shape index (κ2) is 3.54. The molecule has 0 aromatic heterocycles. The zero-order chi connectivity index (χ0) is 9.97. The van der Waals surface area contributed by atoms with Crippen LogP contribution in [0.3, 0.4) is 0 Å². The Hall–Kier alpha value is -1.76. The van der Waals surface area contributed by atoms with Crippen molar-refractivity contribution < 1.29 is 5.11 Å². The number of allylic oxidation sites excluding steroid dienone is 1. The molecule has 0 aliphatic carbocycles. The molecule has 2 rings (SSSR count). The van der Waals surface area contributed by atoms with Crippen molar-refractivity contribution in [1.82, 2.24) is 0 Å². The van der Waals surface area contributed by atoms with Crippen molar-refractivity contribution in [3.63, 3.8) is 0 Å². The smallest absolute Gasteiger partial charge is 0.116 e. The third-order valence-corrected chi connectivity index (χ3v) is 2.27. The van der Waals surface area contributed by atoms with Crippen molar-refractivity contribution in [1.29, 1.82) is 0 Å². The fourth-order valence-electron chi connectivity index (χ4n) is 1.58. The van der Waals surface area contributed by atoms with Gasteiger partial charge in [-0.05, 0) is 34.9 Å². The molecule has 1 heteroatoms. The third-order valence-electron chi connectivity index (χ3n) is 2.27. The van der Waals surface area contributed by atoms with E-state index in [1.807, 2.05) is 12.1 Å². The van der Waals surface area contributed by atoms with Crippen LogP contribution in [0.15, 0.2) is 49.1 Å². The lowest BCUT2D eigenvalue weighted by Crippen LogP contribution is -1.80. The highest BCUT2D eigenvalue weighted by Gasteiger charge is 1.96. The molecular formula is C13H12O. The molecule has 0 saturated carbocycles. The minimum atomic E-state index is 0.313. The minimum Gasteiger partial charge on any atom is -0.508 e. The van der Waals surface area contributed by atoms with Gasteiger partial charge in [0.05, 0.1) is 0 Å². The van der Waals surface area contributed by atoms with Gasteiger partial charge in [-0.3, -0.25) is 0 Å². The van der Waals surface area contributed by atoms with Gasteiger partial charge in [-0.1, -0.05) is 30.3 Å². The van der Waals surface area contributed by atoms with E-state index in [4.69, 9.17) is 0 Å². The standard InChI is InChI=1S/C13H12O/c1-2-3-10-4-5-11-6-7-13(14)9-12(11)8-10/h2,4-9,14H,1,3H2. The Bertz CT molecular complexity index is 472. The second-order valence-electron chi connectivity index (χ2n) is 3.36. The van der Waals surface area contributed by atoms with Gasteiger partial charge in [0.15, 0.2) is 0 Å². The van der Waals surface area contributed by atoms with Crippen LogP contribution in [0.25, 0.3) is 10.8 Å². The predicted octanol–water partition coefficient (Wildman–Crippen LogP) is 3.27. The molecule has 70 valence electrons. The average Bonchev–Trinajstić information content (AvgIpc) is 2.17. The van der Waals surface area contributed by atoms with Crippen molar-refractivity contribution in [2.45, 2.75) is 6.42 Å². The largest absolute Gasteiger partial charge is 0.508 e. The molecular weight excluding hydrogens is 172 g/mol. The summed E-state index contributed by atoms with van der Waals surface area (Å²) in [5, 5.41) is 11.6. The van der Waals surface area contributed by atoms with E-state index in [9.17, 15) is 5.11 Å². The molecule has 0 fully saturated rings. The monoisotopic (exact) mass is 184 g/mol. The van der Waals surface area contributed by atoms with Crippen LogP contribution in [0.4, 0.5) is 0 Å². The van der Waals surface area contributed by atoms with Crippen LogP contribution in [0, 0.1) is 0 Å². The molecule has 1 N–H and O–H groups in total. The first-order chi connectivity index (χ1) is 6.79. The zero-order valence-corrected chi connectivity index (χ0v) is 7.90. The summed E-state index contributed by atoms with van der Waals surface area (Å²) in [6, 6.07) is 11.6. The van der Waals surface area contributed by atoms with E-state index in [0.717, 1.165) is 17.2 Å². The maximum absolute atomic E-state index is 9.33. The number of aromatic hydroxyl groups is 1. The Labute approximate surface area is 83.3 Å². The number of fused-ring (bicyclic) bond motifs is 1. The number of hydrogen-bond acceptors (Lipinski definition) is 1. The fourth-order valence-corrected chi connectivity index (χ4v) is 1.58. The van der Waals surface area contributed by atoms with Crippen molar-refractivity contribution in [3.8, 4) is 5.75 Å². The van der Waals surface area contributed by atoms with Crippen LogP contribution in [0.5, 0.6) is 5.75 Å². The molecule has 2 aromatic rings. The molecule has 0 heterocycles. The summed E-state index contributed by atoms with van der Waals surface area (Å²) in [6.07, 6.45) is 2.75. The van der Waals surface area contributed by atoms with Crippen molar-refractivity contribution in [2.24, 2.45) is 0 Å². The number of rotatable bonds is 2. The Morgan fingerprint density at radius 2 is 1.86 bits per heavy atom. The summed E-state index contributed by atoms with van der Waals surface area (Å²) in [5.41, 5.74) is 1.22. The fraction of sp³-hybridized carbons (Fsp3) is 0.0769. The Morgan fingerprint density at radius 3 is 2.64 bits per heavy atom. The van der Waals surface area contributed by atoms with Crippen LogP contribution in [0.1, 0.15) is 5.56 Å². The van der Waals surface area contributed by atoms with E-state index in [0.29, 0.717) is 5.75 Å². The van der Waals surface area contributed by atoms with E-state index in [-0.39, 0.29) is 0 Å². The maximum atomic E-state index is 9.33. The number of hydrogen-bond donors (Lipinski definition) is 1. The van der Waals surface area contributed by atoms with E-state index in [1.165, 1.54) is 5.56 Å². The molecule has 0 spiro atoms. The maximum Gasteiger partial charge on any atom is 0.116 e. The van der Waals surface area contributed by atoms with E-state index in [1.54, 1.807) is 12.1 Å². The molecule has 0 aliphatic heterocycles. The molecule has 14 heavy (non-hydrogen) atoms. The summed E-state index contributed by atoms with van der Waals surface area (Å²) in [5.74, 6) is 0.313. The highest BCUT2D eigenvalue weighted by atomic mass is 16.3. The highest BCUT2D eigenvalue weighted by molar-refractivity contribution is 5.84. The van der Waals surface area contributed by atoms with Crippen LogP contribution < -0.4 is 0 Å². The first kappa shape index (κ1) is 8.82. The van der Waals surface area contributed by atoms with Gasteiger partial charge in [-0.15, -0.1) is 6.58 Å². The lowest BCUT2D eigenvalue weighted by atomic mass is 10.0. The van der Waals surface area contributed by atoms with E-state index < -0.39 is 0 Å². The Balaban J connectivity index is 2.57. The van der Waals surface area contributed by atoms with Gasteiger partial charge >= 0.3 is 0 Å². The summed E-state index contributed by atoms with van der Waals surface area (Å²) in [4.78, 5) is 0. The van der Waals surface area contributed by atoms with Crippen LogP contribution in [-0.4, -0.2) is 5.11 Å². The van der Waals surface area contributed by atoms with Gasteiger partial charge in [-0.2, -0.15) is 0 Å².